The topological polar surface area (TPSA) is 52.0 Å². The number of benzene rings is 1. The smallest absolute Gasteiger partial charge is 0.0346 e. The van der Waals surface area contributed by atoms with Crippen LogP contribution in [0.4, 0.5) is 5.69 Å². The molecule has 0 aliphatic rings. The van der Waals surface area contributed by atoms with Crippen LogP contribution in [0.2, 0.25) is 0 Å². The van der Waals surface area contributed by atoms with E-state index in [-0.39, 0.29) is 0 Å². The van der Waals surface area contributed by atoms with Gasteiger partial charge in [0.05, 0.1) is 0 Å². The largest absolute Gasteiger partial charge is 0.399 e. The van der Waals surface area contributed by atoms with E-state index in [1.807, 2.05) is 19.1 Å². The number of nitrogens with two attached hydrogens (primary N) is 2. The van der Waals surface area contributed by atoms with Gasteiger partial charge in [-0.15, -0.1) is 0 Å². The Bertz CT molecular complexity index is 243. The summed E-state index contributed by atoms with van der Waals surface area (Å²) in [7, 11) is 0. The molecule has 0 bridgehead atoms. The third kappa shape index (κ3) is 1.95. The fourth-order valence-corrected chi connectivity index (χ4v) is 1.01. The second-order valence-electron chi connectivity index (χ2n) is 2.73. The van der Waals surface area contributed by atoms with Gasteiger partial charge in [-0.1, -0.05) is 12.1 Å². The van der Waals surface area contributed by atoms with Gasteiger partial charge in [0.2, 0.25) is 0 Å². The molecule has 1 rings (SSSR count). The van der Waals surface area contributed by atoms with Crippen LogP contribution in [0.3, 0.4) is 0 Å². The van der Waals surface area contributed by atoms with Crippen molar-refractivity contribution < 1.29 is 0 Å². The van der Waals surface area contributed by atoms with E-state index in [1.54, 1.807) is 0 Å². The van der Waals surface area contributed by atoms with Crippen molar-refractivity contribution in [2.75, 3.05) is 12.3 Å². The van der Waals surface area contributed by atoms with Crippen LogP contribution < -0.4 is 11.5 Å². The first-order chi connectivity index (χ1) is 5.24. The lowest BCUT2D eigenvalue weighted by molar-refractivity contribution is 0.968. The summed E-state index contributed by atoms with van der Waals surface area (Å²) >= 11 is 0. The Morgan fingerprint density at radius 1 is 1.36 bits per heavy atom. The Kier molecular flexibility index (Phi) is 2.49. The number of rotatable bonds is 2. The van der Waals surface area contributed by atoms with Gasteiger partial charge in [-0.2, -0.15) is 0 Å². The third-order valence-corrected chi connectivity index (χ3v) is 1.78. The van der Waals surface area contributed by atoms with Gasteiger partial charge in [0.1, 0.15) is 0 Å². The average Bonchev–Trinajstić information content (AvgIpc) is 1.98. The zero-order chi connectivity index (χ0) is 8.27. The molecular formula is C9H14N2. The zero-order valence-electron chi connectivity index (χ0n) is 6.80. The summed E-state index contributed by atoms with van der Waals surface area (Å²) in [5.74, 6) is 0. The molecule has 2 heteroatoms. The summed E-state index contributed by atoms with van der Waals surface area (Å²) < 4.78 is 0. The van der Waals surface area contributed by atoms with Gasteiger partial charge in [-0.3, -0.25) is 0 Å². The van der Waals surface area contributed by atoms with Crippen molar-refractivity contribution in [1.29, 1.82) is 0 Å². The summed E-state index contributed by atoms with van der Waals surface area (Å²) in [5.41, 5.74) is 14.3. The molecule has 0 fully saturated rings. The molecule has 0 saturated carbocycles. The van der Waals surface area contributed by atoms with E-state index in [2.05, 4.69) is 6.07 Å². The molecule has 0 saturated heterocycles. The first-order valence-corrected chi connectivity index (χ1v) is 3.79. The molecule has 0 aliphatic carbocycles. The predicted octanol–water partition coefficient (Wildman–Crippen LogP) is 1.08. The van der Waals surface area contributed by atoms with Crippen molar-refractivity contribution >= 4 is 5.69 Å². The number of hydrogen-bond acceptors (Lipinski definition) is 2. The average molecular weight is 150 g/mol. The molecule has 0 atom stereocenters. The SMILES string of the molecule is Cc1ccc(CCN)cc1N. The molecule has 0 aromatic heterocycles. The molecule has 1 aromatic carbocycles. The van der Waals surface area contributed by atoms with Crippen molar-refractivity contribution in [3.8, 4) is 0 Å². The first-order valence-electron chi connectivity index (χ1n) is 3.79. The molecule has 0 radical (unpaired) electrons. The standard InChI is InChI=1S/C9H14N2/c1-7-2-3-8(4-5-10)6-9(7)11/h2-3,6H,4-5,10-11H2,1H3. The molecule has 0 aliphatic heterocycles. The Balaban J connectivity index is 2.86. The van der Waals surface area contributed by atoms with Gasteiger partial charge in [0.25, 0.3) is 0 Å². The lowest BCUT2D eigenvalue weighted by Crippen LogP contribution is -2.03. The van der Waals surface area contributed by atoms with Crippen LogP contribution in [0.15, 0.2) is 18.2 Å². The minimum atomic E-state index is 0.683. The fourth-order valence-electron chi connectivity index (χ4n) is 1.01. The molecule has 0 spiro atoms. The number of anilines is 1. The van der Waals surface area contributed by atoms with E-state index in [9.17, 15) is 0 Å². The third-order valence-electron chi connectivity index (χ3n) is 1.78. The summed E-state index contributed by atoms with van der Waals surface area (Å²) in [4.78, 5) is 0. The number of hydrogen-bond donors (Lipinski definition) is 2. The van der Waals surface area contributed by atoms with E-state index < -0.39 is 0 Å². The van der Waals surface area contributed by atoms with Crippen LogP contribution in [0.5, 0.6) is 0 Å². The molecule has 11 heavy (non-hydrogen) atoms. The second-order valence-corrected chi connectivity index (χ2v) is 2.73. The Morgan fingerprint density at radius 3 is 2.64 bits per heavy atom. The Morgan fingerprint density at radius 2 is 2.09 bits per heavy atom. The Labute approximate surface area is 67.2 Å². The molecule has 1 aromatic rings. The van der Waals surface area contributed by atoms with Gasteiger partial charge in [-0.05, 0) is 37.1 Å². The fraction of sp³-hybridized carbons (Fsp3) is 0.333. The second kappa shape index (κ2) is 3.39. The number of nitrogen functional groups attached to an aromatic ring is 1. The highest BCUT2D eigenvalue weighted by molar-refractivity contribution is 5.48. The highest BCUT2D eigenvalue weighted by Gasteiger charge is 1.94. The maximum absolute atomic E-state index is 5.71. The van der Waals surface area contributed by atoms with E-state index in [1.165, 1.54) is 5.56 Å². The van der Waals surface area contributed by atoms with Crippen LogP contribution in [0, 0.1) is 6.92 Å². The van der Waals surface area contributed by atoms with E-state index in [4.69, 9.17) is 11.5 Å². The van der Waals surface area contributed by atoms with Gasteiger partial charge in [-0.25, -0.2) is 0 Å². The number of aryl methyl sites for hydroxylation is 1. The van der Waals surface area contributed by atoms with Crippen molar-refractivity contribution in [3.05, 3.63) is 29.3 Å². The van der Waals surface area contributed by atoms with Crippen LogP contribution in [0.1, 0.15) is 11.1 Å². The van der Waals surface area contributed by atoms with Crippen LogP contribution in [-0.4, -0.2) is 6.54 Å². The highest BCUT2D eigenvalue weighted by Crippen LogP contribution is 2.12. The van der Waals surface area contributed by atoms with Crippen molar-refractivity contribution in [2.24, 2.45) is 5.73 Å². The van der Waals surface area contributed by atoms with Crippen molar-refractivity contribution in [3.63, 3.8) is 0 Å². The van der Waals surface area contributed by atoms with Crippen LogP contribution >= 0.6 is 0 Å². The summed E-state index contributed by atoms with van der Waals surface area (Å²) in [5, 5.41) is 0. The summed E-state index contributed by atoms with van der Waals surface area (Å²) in [6, 6.07) is 6.08. The first kappa shape index (κ1) is 8.08. The van der Waals surface area contributed by atoms with Crippen LogP contribution in [0.25, 0.3) is 0 Å². The monoisotopic (exact) mass is 150 g/mol. The van der Waals surface area contributed by atoms with Crippen LogP contribution in [-0.2, 0) is 6.42 Å². The van der Waals surface area contributed by atoms with E-state index in [0.29, 0.717) is 6.54 Å². The maximum Gasteiger partial charge on any atom is 0.0346 e. The van der Waals surface area contributed by atoms with E-state index in [0.717, 1.165) is 17.7 Å². The normalized spacial score (nSPS) is 10.0. The quantitative estimate of drug-likeness (QED) is 0.620. The van der Waals surface area contributed by atoms with Gasteiger partial charge >= 0.3 is 0 Å². The predicted molar refractivity (Wildman–Crippen MR) is 48.3 cm³/mol. The highest BCUT2D eigenvalue weighted by atomic mass is 14.6. The molecule has 0 amide bonds. The molecular weight excluding hydrogens is 136 g/mol. The summed E-state index contributed by atoms with van der Waals surface area (Å²) in [6.07, 6.45) is 0.907. The van der Waals surface area contributed by atoms with Gasteiger partial charge in [0, 0.05) is 5.69 Å². The molecule has 60 valence electrons. The molecule has 0 unspecified atom stereocenters. The lowest BCUT2D eigenvalue weighted by atomic mass is 10.1. The Hall–Kier alpha value is -1.02. The molecule has 0 heterocycles. The van der Waals surface area contributed by atoms with Gasteiger partial charge in [0.15, 0.2) is 0 Å². The summed E-state index contributed by atoms with van der Waals surface area (Å²) in [6.45, 7) is 2.68. The van der Waals surface area contributed by atoms with E-state index >= 15 is 0 Å². The molecule has 2 nitrogen and oxygen atoms in total. The minimum Gasteiger partial charge on any atom is -0.399 e. The van der Waals surface area contributed by atoms with Crippen molar-refractivity contribution in [1.82, 2.24) is 0 Å². The minimum absolute atomic E-state index is 0.683. The zero-order valence-corrected chi connectivity index (χ0v) is 6.80. The van der Waals surface area contributed by atoms with Gasteiger partial charge < -0.3 is 11.5 Å². The maximum atomic E-state index is 5.71. The van der Waals surface area contributed by atoms with Crippen molar-refractivity contribution in [2.45, 2.75) is 13.3 Å². The lowest BCUT2D eigenvalue weighted by Gasteiger charge is -2.02. The molecule has 4 N–H and O–H groups in total.